The molecule has 2 fully saturated rings. The zero-order chi connectivity index (χ0) is 19.6. The maximum atomic E-state index is 12.6. The van der Waals surface area contributed by atoms with Crippen molar-refractivity contribution in [3.63, 3.8) is 0 Å². The summed E-state index contributed by atoms with van der Waals surface area (Å²) in [6, 6.07) is 1.96. The van der Waals surface area contributed by atoms with Crippen molar-refractivity contribution in [1.82, 2.24) is 20.2 Å². The number of hydrogen-bond acceptors (Lipinski definition) is 5. The molecule has 1 aromatic heterocycles. The van der Waals surface area contributed by atoms with E-state index in [9.17, 15) is 14.7 Å². The fourth-order valence-corrected chi connectivity index (χ4v) is 4.07. The van der Waals surface area contributed by atoms with Gasteiger partial charge in [-0.15, -0.1) is 0 Å². The van der Waals surface area contributed by atoms with E-state index in [0.29, 0.717) is 19.5 Å². The van der Waals surface area contributed by atoms with Gasteiger partial charge in [0.1, 0.15) is 11.6 Å². The Kier molecular flexibility index (Phi) is 5.82. The van der Waals surface area contributed by atoms with Crippen molar-refractivity contribution in [2.45, 2.75) is 46.1 Å². The molecule has 1 aromatic rings. The molecular formula is C19H29N5O3. The van der Waals surface area contributed by atoms with Gasteiger partial charge in [0.15, 0.2) is 0 Å². The van der Waals surface area contributed by atoms with E-state index < -0.39 is 11.9 Å². The largest absolute Gasteiger partial charge is 0.481 e. The number of rotatable bonds is 3. The van der Waals surface area contributed by atoms with Crippen molar-refractivity contribution in [3.05, 3.63) is 17.6 Å². The minimum atomic E-state index is -0.817. The van der Waals surface area contributed by atoms with Crippen LogP contribution in [0.1, 0.15) is 37.7 Å². The topological polar surface area (TPSA) is 98.7 Å². The van der Waals surface area contributed by atoms with Gasteiger partial charge in [0.25, 0.3) is 0 Å². The average Bonchev–Trinajstić information content (AvgIpc) is 2.61. The highest BCUT2D eigenvalue weighted by Gasteiger charge is 2.33. The van der Waals surface area contributed by atoms with Crippen LogP contribution in [0.4, 0.5) is 10.6 Å². The number of nitrogens with one attached hydrogen (secondary N) is 1. The number of carbonyl (C=O) groups excluding carboxylic acids is 1. The summed E-state index contributed by atoms with van der Waals surface area (Å²) in [5, 5.41) is 12.4. The lowest BCUT2D eigenvalue weighted by molar-refractivity contribution is -0.143. The number of nitrogens with zero attached hydrogens (tertiary/aromatic N) is 4. The second-order valence-corrected chi connectivity index (χ2v) is 7.91. The maximum absolute atomic E-state index is 12.6. The third-order valence-electron chi connectivity index (χ3n) is 5.40. The van der Waals surface area contributed by atoms with Crippen LogP contribution in [0.25, 0.3) is 0 Å². The lowest BCUT2D eigenvalue weighted by atomic mass is 9.91. The fourth-order valence-electron chi connectivity index (χ4n) is 4.07. The minimum Gasteiger partial charge on any atom is -0.481 e. The van der Waals surface area contributed by atoms with Gasteiger partial charge in [-0.2, -0.15) is 0 Å². The van der Waals surface area contributed by atoms with Crippen LogP contribution in [0.2, 0.25) is 0 Å². The number of hydrogen-bond donors (Lipinski definition) is 2. The first kappa shape index (κ1) is 19.4. The van der Waals surface area contributed by atoms with Crippen LogP contribution in [-0.4, -0.2) is 64.2 Å². The predicted octanol–water partition coefficient (Wildman–Crippen LogP) is 1.81. The molecule has 2 atom stereocenters. The van der Waals surface area contributed by atoms with E-state index in [1.807, 2.05) is 26.8 Å². The van der Waals surface area contributed by atoms with Crippen LogP contribution in [-0.2, 0) is 4.79 Å². The molecule has 8 nitrogen and oxygen atoms in total. The van der Waals surface area contributed by atoms with E-state index in [-0.39, 0.29) is 18.0 Å². The predicted molar refractivity (Wildman–Crippen MR) is 102 cm³/mol. The van der Waals surface area contributed by atoms with Gasteiger partial charge in [0, 0.05) is 44.0 Å². The van der Waals surface area contributed by atoms with E-state index >= 15 is 0 Å². The summed E-state index contributed by atoms with van der Waals surface area (Å²) in [7, 11) is 0. The highest BCUT2D eigenvalue weighted by Crippen LogP contribution is 2.23. The van der Waals surface area contributed by atoms with Gasteiger partial charge in [0.05, 0.1) is 5.92 Å². The Morgan fingerprint density at radius 2 is 1.89 bits per heavy atom. The third-order valence-corrected chi connectivity index (χ3v) is 5.40. The van der Waals surface area contributed by atoms with E-state index in [0.717, 1.165) is 43.3 Å². The smallest absolute Gasteiger partial charge is 0.317 e. The van der Waals surface area contributed by atoms with Crippen molar-refractivity contribution in [3.8, 4) is 0 Å². The normalized spacial score (nSPS) is 24.0. The monoisotopic (exact) mass is 375 g/mol. The van der Waals surface area contributed by atoms with Gasteiger partial charge < -0.3 is 20.2 Å². The number of anilines is 1. The van der Waals surface area contributed by atoms with Gasteiger partial charge in [-0.1, -0.05) is 6.92 Å². The summed E-state index contributed by atoms with van der Waals surface area (Å²) >= 11 is 0. The molecule has 2 amide bonds. The molecule has 0 saturated carbocycles. The first-order chi connectivity index (χ1) is 12.8. The Balaban J connectivity index is 1.52. The molecule has 2 aliphatic rings. The number of aliphatic carboxylic acids is 1. The Bertz CT molecular complexity index is 682. The van der Waals surface area contributed by atoms with Gasteiger partial charge >= 0.3 is 12.0 Å². The highest BCUT2D eigenvalue weighted by molar-refractivity contribution is 5.77. The molecule has 0 aliphatic carbocycles. The second kappa shape index (κ2) is 8.10. The van der Waals surface area contributed by atoms with Crippen molar-refractivity contribution < 1.29 is 14.7 Å². The van der Waals surface area contributed by atoms with Gasteiger partial charge in [0.2, 0.25) is 0 Å². The Labute approximate surface area is 160 Å². The first-order valence-corrected chi connectivity index (χ1v) is 9.67. The van der Waals surface area contributed by atoms with Gasteiger partial charge in [-0.05, 0) is 39.0 Å². The molecule has 27 heavy (non-hydrogen) atoms. The molecule has 8 heteroatoms. The molecule has 2 saturated heterocycles. The number of carboxylic acid groups (broad SMARTS) is 1. The molecule has 2 unspecified atom stereocenters. The average molecular weight is 375 g/mol. The summed E-state index contributed by atoms with van der Waals surface area (Å²) in [5.74, 6) is 0.636. The summed E-state index contributed by atoms with van der Waals surface area (Å²) in [4.78, 5) is 36.6. The lowest BCUT2D eigenvalue weighted by Crippen LogP contribution is -2.53. The van der Waals surface area contributed by atoms with E-state index in [1.54, 1.807) is 4.90 Å². The zero-order valence-electron chi connectivity index (χ0n) is 16.3. The van der Waals surface area contributed by atoms with Crippen molar-refractivity contribution >= 4 is 17.8 Å². The maximum Gasteiger partial charge on any atom is 0.317 e. The van der Waals surface area contributed by atoms with E-state index in [4.69, 9.17) is 0 Å². The number of piperidine rings is 2. The summed E-state index contributed by atoms with van der Waals surface area (Å²) in [6.45, 7) is 8.43. The fraction of sp³-hybridized carbons (Fsp3) is 0.684. The number of aromatic nitrogens is 2. The van der Waals surface area contributed by atoms with Crippen LogP contribution < -0.4 is 10.2 Å². The number of likely N-dealkylation sites (tertiary alicyclic amines) is 1. The Morgan fingerprint density at radius 3 is 2.52 bits per heavy atom. The summed E-state index contributed by atoms with van der Waals surface area (Å²) < 4.78 is 0. The Hall–Kier alpha value is -2.38. The van der Waals surface area contributed by atoms with E-state index in [2.05, 4.69) is 20.2 Å². The van der Waals surface area contributed by atoms with Crippen LogP contribution in [0.3, 0.4) is 0 Å². The number of aryl methyl sites for hydroxylation is 2. The third kappa shape index (κ3) is 4.87. The number of urea groups is 1. The second-order valence-electron chi connectivity index (χ2n) is 7.91. The molecule has 0 radical (unpaired) electrons. The molecule has 148 valence electrons. The molecule has 0 aromatic carbocycles. The molecule has 0 bridgehead atoms. The number of carbonyl (C=O) groups is 2. The first-order valence-electron chi connectivity index (χ1n) is 9.67. The number of carboxylic acids is 1. The van der Waals surface area contributed by atoms with Crippen molar-refractivity contribution in [2.75, 3.05) is 31.1 Å². The standard InChI is InChI=1S/C19H29N5O3/c1-12-8-15(18(25)26)11-24(10-12)19(27)22-16-4-6-23(7-5-16)17-9-13(2)20-14(3)21-17/h9,12,15-16H,4-8,10-11H2,1-3H3,(H,22,27)(H,25,26). The molecule has 2 aliphatic heterocycles. The lowest BCUT2D eigenvalue weighted by Gasteiger charge is -2.37. The minimum absolute atomic E-state index is 0.110. The quantitative estimate of drug-likeness (QED) is 0.836. The van der Waals surface area contributed by atoms with Crippen LogP contribution in [0, 0.1) is 25.7 Å². The zero-order valence-corrected chi connectivity index (χ0v) is 16.3. The van der Waals surface area contributed by atoms with Crippen LogP contribution in [0.5, 0.6) is 0 Å². The molecule has 2 N–H and O–H groups in total. The van der Waals surface area contributed by atoms with E-state index in [1.165, 1.54) is 0 Å². The molecule has 3 heterocycles. The van der Waals surface area contributed by atoms with Crippen molar-refractivity contribution in [1.29, 1.82) is 0 Å². The highest BCUT2D eigenvalue weighted by atomic mass is 16.4. The molecule has 3 rings (SSSR count). The molecule has 0 spiro atoms. The summed E-state index contributed by atoms with van der Waals surface area (Å²) in [5.41, 5.74) is 0.958. The molecular weight excluding hydrogens is 346 g/mol. The summed E-state index contributed by atoms with van der Waals surface area (Å²) in [6.07, 6.45) is 2.33. The van der Waals surface area contributed by atoms with Crippen LogP contribution in [0.15, 0.2) is 6.07 Å². The van der Waals surface area contributed by atoms with Gasteiger partial charge in [-0.3, -0.25) is 4.79 Å². The van der Waals surface area contributed by atoms with Crippen molar-refractivity contribution in [2.24, 2.45) is 11.8 Å². The SMILES string of the molecule is Cc1cc(N2CCC(NC(=O)N3CC(C)CC(C(=O)O)C3)CC2)nc(C)n1. The van der Waals surface area contributed by atoms with Gasteiger partial charge in [-0.25, -0.2) is 14.8 Å². The van der Waals surface area contributed by atoms with Crippen LogP contribution >= 0.6 is 0 Å². The number of amides is 2. The Morgan fingerprint density at radius 1 is 1.19 bits per heavy atom.